The number of halogens is 1. The Kier molecular flexibility index (Phi) is 5.70. The number of anilines is 1. The van der Waals surface area contributed by atoms with Crippen molar-refractivity contribution in [2.75, 3.05) is 18.4 Å². The molecule has 5 rings (SSSR count). The number of carbonyl (C=O) groups excluding carboxylic acids is 3. The molecule has 3 N–H and O–H groups in total. The highest BCUT2D eigenvalue weighted by molar-refractivity contribution is 6.33. The lowest BCUT2D eigenvalue weighted by molar-refractivity contribution is -0.128. The number of aromatic nitrogens is 2. The van der Waals surface area contributed by atoms with E-state index in [1.807, 2.05) is 9.47 Å². The standard InChI is InChI=1S/C26H32ClN5O3/c1-13-16(5-15-10-31(14(2)33)11-19(13)15)25(35)30-23-7-17(20(27)9-29-23)18-6-21(24(28)34)32-12-26(3,4)8-22(18)32/h6-7,9,13,15-16,19H,5,8,10-12H2,1-4H3,(H2,28,34)(H,29,30,35)/t13-,15-,16-,19-/m1/s1. The molecule has 35 heavy (non-hydrogen) atoms. The molecule has 3 aliphatic rings. The Hall–Kier alpha value is -2.87. The van der Waals surface area contributed by atoms with Gasteiger partial charge in [-0.1, -0.05) is 32.4 Å². The molecule has 4 heterocycles. The number of rotatable bonds is 4. The van der Waals surface area contributed by atoms with Crippen molar-refractivity contribution >= 4 is 35.1 Å². The van der Waals surface area contributed by atoms with Crippen LogP contribution in [0.5, 0.6) is 0 Å². The van der Waals surface area contributed by atoms with Crippen LogP contribution in [0.1, 0.15) is 50.3 Å². The lowest BCUT2D eigenvalue weighted by atomic mass is 9.89. The molecule has 1 saturated carbocycles. The zero-order chi connectivity index (χ0) is 25.2. The maximum absolute atomic E-state index is 13.2. The number of primary amides is 1. The predicted octanol–water partition coefficient (Wildman–Crippen LogP) is 3.57. The summed E-state index contributed by atoms with van der Waals surface area (Å²) in [6.45, 7) is 10.2. The van der Waals surface area contributed by atoms with Crippen LogP contribution in [-0.4, -0.2) is 45.3 Å². The van der Waals surface area contributed by atoms with Gasteiger partial charge in [0.1, 0.15) is 11.5 Å². The van der Waals surface area contributed by atoms with Gasteiger partial charge in [0.2, 0.25) is 11.8 Å². The molecule has 2 aromatic heterocycles. The third kappa shape index (κ3) is 4.11. The number of carbonyl (C=O) groups is 3. The summed E-state index contributed by atoms with van der Waals surface area (Å²) < 4.78 is 1.98. The molecular weight excluding hydrogens is 466 g/mol. The van der Waals surface area contributed by atoms with Gasteiger partial charge in [0.25, 0.3) is 5.91 Å². The molecule has 0 aromatic carbocycles. The van der Waals surface area contributed by atoms with Gasteiger partial charge in [-0.05, 0) is 48.1 Å². The van der Waals surface area contributed by atoms with E-state index in [0.29, 0.717) is 34.9 Å². The lowest BCUT2D eigenvalue weighted by Gasteiger charge is -2.22. The molecule has 0 radical (unpaired) electrons. The first-order chi connectivity index (χ1) is 16.4. The Balaban J connectivity index is 1.38. The number of fused-ring (bicyclic) bond motifs is 2. The smallest absolute Gasteiger partial charge is 0.265 e. The molecule has 1 saturated heterocycles. The van der Waals surface area contributed by atoms with E-state index >= 15 is 0 Å². The monoisotopic (exact) mass is 497 g/mol. The summed E-state index contributed by atoms with van der Waals surface area (Å²) >= 11 is 6.55. The first-order valence-corrected chi connectivity index (χ1v) is 12.6. The van der Waals surface area contributed by atoms with Crippen LogP contribution in [0.2, 0.25) is 5.02 Å². The first-order valence-electron chi connectivity index (χ1n) is 12.2. The Morgan fingerprint density at radius 2 is 1.94 bits per heavy atom. The van der Waals surface area contributed by atoms with Crippen LogP contribution < -0.4 is 11.1 Å². The Bertz CT molecular complexity index is 1240. The van der Waals surface area contributed by atoms with E-state index in [1.165, 1.54) is 6.20 Å². The van der Waals surface area contributed by atoms with E-state index in [4.69, 9.17) is 17.3 Å². The second-order valence-electron chi connectivity index (χ2n) is 11.3. The molecule has 2 aromatic rings. The predicted molar refractivity (Wildman–Crippen MR) is 134 cm³/mol. The van der Waals surface area contributed by atoms with Crippen molar-refractivity contribution in [3.63, 3.8) is 0 Å². The molecule has 2 fully saturated rings. The van der Waals surface area contributed by atoms with Crippen LogP contribution in [0.4, 0.5) is 5.82 Å². The highest BCUT2D eigenvalue weighted by Gasteiger charge is 2.48. The second-order valence-corrected chi connectivity index (χ2v) is 11.7. The van der Waals surface area contributed by atoms with Crippen molar-refractivity contribution in [2.24, 2.45) is 34.8 Å². The van der Waals surface area contributed by atoms with Gasteiger partial charge in [-0.25, -0.2) is 4.98 Å². The molecule has 186 valence electrons. The fourth-order valence-electron chi connectivity index (χ4n) is 6.45. The molecule has 0 unspecified atom stereocenters. The van der Waals surface area contributed by atoms with Gasteiger partial charge < -0.3 is 20.5 Å². The summed E-state index contributed by atoms with van der Waals surface area (Å²) in [5, 5.41) is 3.45. The minimum absolute atomic E-state index is 0.000735. The van der Waals surface area contributed by atoms with Crippen molar-refractivity contribution in [2.45, 2.75) is 47.1 Å². The summed E-state index contributed by atoms with van der Waals surface area (Å²) in [6, 6.07) is 3.57. The molecule has 4 atom stereocenters. The number of hydrogen-bond acceptors (Lipinski definition) is 4. The average molecular weight is 498 g/mol. The fraction of sp³-hybridized carbons (Fsp3) is 0.538. The number of likely N-dealkylation sites (tertiary alicyclic amines) is 1. The highest BCUT2D eigenvalue weighted by atomic mass is 35.5. The molecule has 0 bridgehead atoms. The largest absolute Gasteiger partial charge is 0.364 e. The van der Waals surface area contributed by atoms with Gasteiger partial charge in [0.15, 0.2) is 0 Å². The van der Waals surface area contributed by atoms with E-state index in [0.717, 1.165) is 42.8 Å². The van der Waals surface area contributed by atoms with E-state index < -0.39 is 5.91 Å². The van der Waals surface area contributed by atoms with Crippen molar-refractivity contribution < 1.29 is 14.4 Å². The maximum Gasteiger partial charge on any atom is 0.265 e. The molecule has 3 amide bonds. The zero-order valence-corrected chi connectivity index (χ0v) is 21.4. The lowest BCUT2D eigenvalue weighted by Crippen LogP contribution is -2.32. The summed E-state index contributed by atoms with van der Waals surface area (Å²) in [5.41, 5.74) is 8.71. The average Bonchev–Trinajstić information content (AvgIpc) is 3.48. The van der Waals surface area contributed by atoms with Crippen molar-refractivity contribution in [1.29, 1.82) is 0 Å². The quantitative estimate of drug-likeness (QED) is 0.672. The molecule has 9 heteroatoms. The van der Waals surface area contributed by atoms with Gasteiger partial charge in [-0.2, -0.15) is 0 Å². The number of hydrogen-bond donors (Lipinski definition) is 2. The van der Waals surface area contributed by atoms with E-state index in [9.17, 15) is 14.4 Å². The Labute approximate surface area is 210 Å². The summed E-state index contributed by atoms with van der Waals surface area (Å²) in [7, 11) is 0. The molecule has 2 aliphatic heterocycles. The van der Waals surface area contributed by atoms with Crippen molar-refractivity contribution in [3.05, 3.63) is 34.7 Å². The normalized spacial score (nSPS) is 26.5. The van der Waals surface area contributed by atoms with Gasteiger partial charge in [0, 0.05) is 55.5 Å². The van der Waals surface area contributed by atoms with E-state index in [-0.39, 0.29) is 29.1 Å². The fourth-order valence-corrected chi connectivity index (χ4v) is 6.66. The first kappa shape index (κ1) is 23.9. The van der Waals surface area contributed by atoms with Gasteiger partial charge in [-0.3, -0.25) is 14.4 Å². The maximum atomic E-state index is 13.2. The molecule has 1 aliphatic carbocycles. The number of nitrogens with two attached hydrogens (primary N) is 1. The summed E-state index contributed by atoms with van der Waals surface area (Å²) in [5.74, 6) is 0.779. The topological polar surface area (TPSA) is 110 Å². The minimum Gasteiger partial charge on any atom is -0.364 e. The minimum atomic E-state index is -0.474. The third-order valence-corrected chi connectivity index (χ3v) is 8.53. The van der Waals surface area contributed by atoms with Gasteiger partial charge >= 0.3 is 0 Å². The second kappa shape index (κ2) is 8.36. The number of nitrogens with one attached hydrogen (secondary N) is 1. The van der Waals surface area contributed by atoms with Gasteiger partial charge in [0.05, 0.1) is 5.02 Å². The third-order valence-electron chi connectivity index (χ3n) is 8.23. The van der Waals surface area contributed by atoms with Gasteiger partial charge in [-0.15, -0.1) is 0 Å². The van der Waals surface area contributed by atoms with Crippen LogP contribution in [0.15, 0.2) is 18.3 Å². The van der Waals surface area contributed by atoms with Crippen LogP contribution in [0.25, 0.3) is 11.1 Å². The Morgan fingerprint density at radius 1 is 1.20 bits per heavy atom. The molecular formula is C26H32ClN5O3. The van der Waals surface area contributed by atoms with E-state index in [2.05, 4.69) is 31.1 Å². The van der Waals surface area contributed by atoms with Crippen LogP contribution in [-0.2, 0) is 22.6 Å². The van der Waals surface area contributed by atoms with Crippen LogP contribution in [0.3, 0.4) is 0 Å². The van der Waals surface area contributed by atoms with E-state index in [1.54, 1.807) is 19.1 Å². The van der Waals surface area contributed by atoms with Crippen LogP contribution >= 0.6 is 11.6 Å². The highest BCUT2D eigenvalue weighted by Crippen LogP contribution is 2.46. The summed E-state index contributed by atoms with van der Waals surface area (Å²) in [6.07, 6.45) is 3.10. The number of nitrogens with zero attached hydrogens (tertiary/aromatic N) is 3. The SMILES string of the molecule is CC(=O)N1C[C@H]2C[C@@H](C(=O)Nc3cc(-c4cc(C(N)=O)n5c4CC(C)(C)C5)c(Cl)cn3)[C@@H](C)[C@H]2C1. The Morgan fingerprint density at radius 3 is 2.60 bits per heavy atom. The summed E-state index contributed by atoms with van der Waals surface area (Å²) in [4.78, 5) is 43.4. The number of pyridine rings is 1. The number of amides is 3. The van der Waals surface area contributed by atoms with Crippen molar-refractivity contribution in [3.8, 4) is 11.1 Å². The van der Waals surface area contributed by atoms with Crippen molar-refractivity contribution in [1.82, 2.24) is 14.5 Å². The van der Waals surface area contributed by atoms with Crippen LogP contribution in [0, 0.1) is 29.1 Å². The molecule has 0 spiro atoms. The zero-order valence-electron chi connectivity index (χ0n) is 20.6. The molecule has 8 nitrogen and oxygen atoms in total.